The first-order chi connectivity index (χ1) is 18.6. The highest BCUT2D eigenvalue weighted by atomic mass is 19.1. The summed E-state index contributed by atoms with van der Waals surface area (Å²) >= 11 is 0. The highest BCUT2D eigenvalue weighted by molar-refractivity contribution is 6.07. The smallest absolute Gasteiger partial charge is 0.135 e. The lowest BCUT2D eigenvalue weighted by Crippen LogP contribution is -2.27. The van der Waals surface area contributed by atoms with E-state index in [1.54, 1.807) is 36.9 Å². The summed E-state index contributed by atoms with van der Waals surface area (Å²) in [6.45, 7) is 6.27. The van der Waals surface area contributed by atoms with E-state index in [0.29, 0.717) is 46.3 Å². The fraction of sp³-hybridized carbons (Fsp3) is 0.367. The van der Waals surface area contributed by atoms with Gasteiger partial charge in [-0.25, -0.2) is 13.5 Å². The highest BCUT2D eigenvalue weighted by Crippen LogP contribution is 2.43. The Kier molecular flexibility index (Phi) is 6.23. The van der Waals surface area contributed by atoms with Crippen LogP contribution in [0, 0.1) is 24.5 Å². The van der Waals surface area contributed by atoms with Gasteiger partial charge in [0.1, 0.15) is 11.6 Å². The molecule has 0 spiro atoms. The van der Waals surface area contributed by atoms with Crippen molar-refractivity contribution in [3.05, 3.63) is 77.1 Å². The maximum Gasteiger partial charge on any atom is 0.135 e. The van der Waals surface area contributed by atoms with E-state index in [2.05, 4.69) is 10.3 Å². The maximum absolute atomic E-state index is 15.9. The van der Waals surface area contributed by atoms with Gasteiger partial charge in [0, 0.05) is 37.6 Å². The first kappa shape index (κ1) is 25.6. The number of hydrogen-bond donors (Lipinski definition) is 1. The zero-order chi connectivity index (χ0) is 27.5. The van der Waals surface area contributed by atoms with E-state index in [1.807, 2.05) is 36.7 Å². The van der Waals surface area contributed by atoms with Gasteiger partial charge < -0.3 is 14.4 Å². The predicted molar refractivity (Wildman–Crippen MR) is 145 cm³/mol. The minimum absolute atomic E-state index is 0.0343. The first-order valence-corrected chi connectivity index (χ1v) is 13.2. The van der Waals surface area contributed by atoms with Crippen LogP contribution in [0.5, 0.6) is 0 Å². The van der Waals surface area contributed by atoms with Crippen molar-refractivity contribution in [3.8, 4) is 11.3 Å². The molecule has 3 aromatic heterocycles. The van der Waals surface area contributed by atoms with Gasteiger partial charge in [0.15, 0.2) is 0 Å². The van der Waals surface area contributed by atoms with Gasteiger partial charge in [0.25, 0.3) is 0 Å². The van der Waals surface area contributed by atoms with Crippen molar-refractivity contribution in [3.63, 3.8) is 0 Å². The van der Waals surface area contributed by atoms with Crippen LogP contribution in [0.3, 0.4) is 0 Å². The van der Waals surface area contributed by atoms with E-state index in [0.717, 1.165) is 29.8 Å². The normalized spacial score (nSPS) is 15.9. The molecule has 1 aliphatic rings. The van der Waals surface area contributed by atoms with E-state index in [9.17, 15) is 5.11 Å². The molecule has 202 valence electrons. The Morgan fingerprint density at radius 3 is 2.46 bits per heavy atom. The van der Waals surface area contributed by atoms with E-state index in [1.165, 1.54) is 12.1 Å². The van der Waals surface area contributed by atoms with Crippen LogP contribution in [0.15, 0.2) is 48.7 Å². The van der Waals surface area contributed by atoms with Crippen LogP contribution in [-0.4, -0.2) is 42.9 Å². The summed E-state index contributed by atoms with van der Waals surface area (Å²) in [6, 6.07) is 11.5. The second kappa shape index (κ2) is 9.50. The molecule has 0 bridgehead atoms. The highest BCUT2D eigenvalue weighted by Gasteiger charge is 2.33. The van der Waals surface area contributed by atoms with Gasteiger partial charge >= 0.3 is 0 Å². The van der Waals surface area contributed by atoms with Crippen LogP contribution >= 0.6 is 0 Å². The zero-order valence-electron chi connectivity index (χ0n) is 22.4. The molecule has 6 rings (SSSR count). The molecule has 1 fully saturated rings. The Morgan fingerprint density at radius 1 is 1.05 bits per heavy atom. The van der Waals surface area contributed by atoms with Crippen molar-refractivity contribution in [1.82, 2.24) is 24.5 Å². The molecule has 1 atom stereocenters. The standard InChI is InChI=1S/C30H31F2N5O2/c1-17-28(36(4)35-34-17)19-13-25-27(33-16-19)26-23(32)14-20(30(2,3)38)15-24(26)37(25)29(18-9-11-39-12-10-18)21-7-5-6-8-22(21)31/h5-8,13-16,18,29,38H,9-12H2,1-4H3/t29-/m0/s1. The zero-order valence-corrected chi connectivity index (χ0v) is 22.4. The minimum Gasteiger partial charge on any atom is -0.386 e. The number of aryl methyl sites for hydroxylation is 2. The Morgan fingerprint density at radius 2 is 1.79 bits per heavy atom. The van der Waals surface area contributed by atoms with Crippen LogP contribution in [0.1, 0.15) is 49.6 Å². The van der Waals surface area contributed by atoms with Gasteiger partial charge in [-0.15, -0.1) is 5.10 Å². The molecule has 5 aromatic rings. The second-order valence-electron chi connectivity index (χ2n) is 10.9. The maximum atomic E-state index is 15.9. The fourth-order valence-corrected chi connectivity index (χ4v) is 5.96. The molecule has 0 amide bonds. The fourth-order valence-electron chi connectivity index (χ4n) is 5.96. The Bertz CT molecular complexity index is 1680. The number of benzene rings is 2. The van der Waals surface area contributed by atoms with Gasteiger partial charge in [-0.1, -0.05) is 23.4 Å². The van der Waals surface area contributed by atoms with E-state index >= 15 is 8.78 Å². The van der Waals surface area contributed by atoms with Crippen LogP contribution in [0.25, 0.3) is 33.2 Å². The number of hydrogen-bond acceptors (Lipinski definition) is 5. The summed E-state index contributed by atoms with van der Waals surface area (Å²) in [5, 5.41) is 19.5. The molecule has 39 heavy (non-hydrogen) atoms. The van der Waals surface area contributed by atoms with Gasteiger partial charge in [-0.3, -0.25) is 4.98 Å². The lowest BCUT2D eigenvalue weighted by atomic mass is 9.86. The summed E-state index contributed by atoms with van der Waals surface area (Å²) in [6.07, 6.45) is 3.16. The van der Waals surface area contributed by atoms with Gasteiger partial charge in [-0.2, -0.15) is 0 Å². The molecule has 2 aromatic carbocycles. The average molecular weight is 532 g/mol. The van der Waals surface area contributed by atoms with Crippen molar-refractivity contribution < 1.29 is 18.6 Å². The molecule has 0 radical (unpaired) electrons. The number of fused-ring (bicyclic) bond motifs is 3. The van der Waals surface area contributed by atoms with E-state index in [4.69, 9.17) is 9.72 Å². The number of rotatable bonds is 5. The largest absolute Gasteiger partial charge is 0.386 e. The molecule has 1 saturated heterocycles. The monoisotopic (exact) mass is 531 g/mol. The summed E-state index contributed by atoms with van der Waals surface area (Å²) in [5.41, 5.74) is 3.72. The Hall–Kier alpha value is -3.69. The van der Waals surface area contributed by atoms with Gasteiger partial charge in [0.2, 0.25) is 0 Å². The Balaban J connectivity index is 1.74. The van der Waals surface area contributed by atoms with Crippen LogP contribution < -0.4 is 0 Å². The third-order valence-electron chi connectivity index (χ3n) is 7.88. The molecule has 1 N–H and O–H groups in total. The average Bonchev–Trinajstić information content (AvgIpc) is 3.41. The van der Waals surface area contributed by atoms with Crippen molar-refractivity contribution in [2.24, 2.45) is 13.0 Å². The summed E-state index contributed by atoms with van der Waals surface area (Å²) in [5.74, 6) is -0.766. The molecular weight excluding hydrogens is 500 g/mol. The molecule has 4 heterocycles. The third-order valence-corrected chi connectivity index (χ3v) is 7.88. The number of halogens is 2. The molecule has 0 aliphatic carbocycles. The SMILES string of the molecule is Cc1nnn(C)c1-c1cnc2c3c(F)cc(C(C)(C)O)cc3n([C@H](c3ccccc3F)C3CCOCC3)c2c1. The first-order valence-electron chi connectivity index (χ1n) is 13.2. The van der Waals surface area contributed by atoms with E-state index < -0.39 is 17.5 Å². The molecule has 0 saturated carbocycles. The molecule has 0 unspecified atom stereocenters. The summed E-state index contributed by atoms with van der Waals surface area (Å²) in [4.78, 5) is 4.75. The van der Waals surface area contributed by atoms with E-state index in [-0.39, 0.29) is 11.7 Å². The lowest BCUT2D eigenvalue weighted by molar-refractivity contribution is 0.0548. The quantitative estimate of drug-likeness (QED) is 0.310. The molecule has 1 aliphatic heterocycles. The topological polar surface area (TPSA) is 78.0 Å². The van der Waals surface area contributed by atoms with Crippen molar-refractivity contribution in [1.29, 1.82) is 0 Å². The lowest BCUT2D eigenvalue weighted by Gasteiger charge is -2.33. The number of aliphatic hydroxyl groups is 1. The summed E-state index contributed by atoms with van der Waals surface area (Å²) < 4.78 is 40.8. The summed E-state index contributed by atoms with van der Waals surface area (Å²) in [7, 11) is 1.81. The van der Waals surface area contributed by atoms with Gasteiger partial charge in [-0.05, 0) is 69.4 Å². The molecule has 7 nitrogen and oxygen atoms in total. The van der Waals surface area contributed by atoms with Crippen LogP contribution in [-0.2, 0) is 17.4 Å². The number of nitrogens with zero attached hydrogens (tertiary/aromatic N) is 5. The number of pyridine rings is 1. The van der Waals surface area contributed by atoms with Crippen LogP contribution in [0.2, 0.25) is 0 Å². The van der Waals surface area contributed by atoms with Crippen LogP contribution in [0.4, 0.5) is 8.78 Å². The molecule has 9 heteroatoms. The third kappa shape index (κ3) is 4.30. The molecular formula is C30H31F2N5O2. The number of ether oxygens (including phenoxy) is 1. The van der Waals surface area contributed by atoms with Crippen molar-refractivity contribution in [2.75, 3.05) is 13.2 Å². The van der Waals surface area contributed by atoms with Crippen molar-refractivity contribution in [2.45, 2.75) is 45.3 Å². The van der Waals surface area contributed by atoms with Crippen molar-refractivity contribution >= 4 is 21.9 Å². The second-order valence-corrected chi connectivity index (χ2v) is 10.9. The van der Waals surface area contributed by atoms with Gasteiger partial charge in [0.05, 0.1) is 45.0 Å². The minimum atomic E-state index is -1.28. The Labute approximate surface area is 225 Å². The predicted octanol–water partition coefficient (Wildman–Crippen LogP) is 5.82. The number of aromatic nitrogens is 5.